The highest BCUT2D eigenvalue weighted by Crippen LogP contribution is 2.19. The van der Waals surface area contributed by atoms with Crippen molar-refractivity contribution in [1.82, 2.24) is 5.32 Å². The summed E-state index contributed by atoms with van der Waals surface area (Å²) in [5.74, 6) is 0.00211. The number of anilines is 1. The molecule has 0 bridgehead atoms. The molecule has 0 heterocycles. The van der Waals surface area contributed by atoms with Crippen LogP contribution in [0.1, 0.15) is 43.1 Å². The number of rotatable bonds is 5. The largest absolute Gasteiger partial charge is 0.388 e. The van der Waals surface area contributed by atoms with E-state index in [1.165, 1.54) is 0 Å². The van der Waals surface area contributed by atoms with Gasteiger partial charge in [0.1, 0.15) is 0 Å². The summed E-state index contributed by atoms with van der Waals surface area (Å²) in [6.07, 6.45) is 1.05. The third kappa shape index (κ3) is 3.76. The third-order valence-electron chi connectivity index (χ3n) is 3.44. The van der Waals surface area contributed by atoms with E-state index in [0.717, 1.165) is 23.2 Å². The predicted octanol–water partition coefficient (Wildman–Crippen LogP) is 3.20. The van der Waals surface area contributed by atoms with Gasteiger partial charge >= 0.3 is 0 Å². The zero-order valence-electron chi connectivity index (χ0n) is 12.1. The molecule has 0 unspecified atom stereocenters. The summed E-state index contributed by atoms with van der Waals surface area (Å²) in [5, 5.41) is 6.09. The van der Waals surface area contributed by atoms with Crippen LogP contribution < -0.4 is 10.6 Å². The highest BCUT2D eigenvalue weighted by atomic mass is 16.1. The normalized spacial score (nSPS) is 11.2. The number of amides is 1. The van der Waals surface area contributed by atoms with Crippen LogP contribution in [-0.4, -0.2) is 19.5 Å². The van der Waals surface area contributed by atoms with E-state index in [0.29, 0.717) is 6.54 Å². The van der Waals surface area contributed by atoms with E-state index in [-0.39, 0.29) is 11.3 Å². The Balaban J connectivity index is 2.71. The van der Waals surface area contributed by atoms with E-state index < -0.39 is 0 Å². The minimum atomic E-state index is 0.00211. The average Bonchev–Trinajstić information content (AvgIpc) is 2.36. The number of aryl methyl sites for hydroxylation is 1. The fourth-order valence-electron chi connectivity index (χ4n) is 1.63. The SMILES string of the molecule is CCC(C)(C)CNC(=O)c1ccc(NC)c(C)c1. The molecular weight excluding hydrogens is 224 g/mol. The van der Waals surface area contributed by atoms with Gasteiger partial charge in [-0.1, -0.05) is 20.8 Å². The quantitative estimate of drug-likeness (QED) is 0.840. The summed E-state index contributed by atoms with van der Waals surface area (Å²) in [7, 11) is 1.88. The summed E-state index contributed by atoms with van der Waals surface area (Å²) in [5.41, 5.74) is 3.01. The molecule has 3 nitrogen and oxygen atoms in total. The second-order valence-corrected chi connectivity index (χ2v) is 5.48. The van der Waals surface area contributed by atoms with Crippen molar-refractivity contribution < 1.29 is 4.79 Å². The minimum absolute atomic E-state index is 0.00211. The van der Waals surface area contributed by atoms with Gasteiger partial charge in [-0.05, 0) is 42.5 Å². The summed E-state index contributed by atoms with van der Waals surface area (Å²) >= 11 is 0. The number of carbonyl (C=O) groups is 1. The van der Waals surface area contributed by atoms with Crippen LogP contribution in [0, 0.1) is 12.3 Å². The molecule has 1 amide bonds. The Labute approximate surface area is 110 Å². The molecule has 0 aliphatic rings. The first kappa shape index (κ1) is 14.6. The Bertz CT molecular complexity index is 425. The van der Waals surface area contributed by atoms with E-state index in [4.69, 9.17) is 0 Å². The van der Waals surface area contributed by atoms with Crippen LogP contribution in [0.4, 0.5) is 5.69 Å². The first-order valence-electron chi connectivity index (χ1n) is 6.46. The summed E-state index contributed by atoms with van der Waals surface area (Å²) in [4.78, 5) is 12.0. The fourth-order valence-corrected chi connectivity index (χ4v) is 1.63. The van der Waals surface area contributed by atoms with E-state index >= 15 is 0 Å². The van der Waals surface area contributed by atoms with Gasteiger partial charge in [0.25, 0.3) is 5.91 Å². The Morgan fingerprint density at radius 3 is 2.50 bits per heavy atom. The average molecular weight is 248 g/mol. The maximum absolute atomic E-state index is 12.0. The zero-order chi connectivity index (χ0) is 13.8. The molecule has 100 valence electrons. The van der Waals surface area contributed by atoms with E-state index in [1.807, 2.05) is 32.2 Å². The lowest BCUT2D eigenvalue weighted by Crippen LogP contribution is -2.33. The van der Waals surface area contributed by atoms with Gasteiger partial charge in [0.15, 0.2) is 0 Å². The lowest BCUT2D eigenvalue weighted by atomic mass is 9.90. The molecule has 2 N–H and O–H groups in total. The van der Waals surface area contributed by atoms with Crippen LogP contribution in [0.25, 0.3) is 0 Å². The molecule has 1 aromatic rings. The lowest BCUT2D eigenvalue weighted by molar-refractivity contribution is 0.0935. The van der Waals surface area contributed by atoms with Gasteiger partial charge in [-0.3, -0.25) is 4.79 Å². The number of benzene rings is 1. The molecule has 0 saturated carbocycles. The van der Waals surface area contributed by atoms with Gasteiger partial charge in [0.05, 0.1) is 0 Å². The summed E-state index contributed by atoms with van der Waals surface area (Å²) < 4.78 is 0. The first-order valence-corrected chi connectivity index (χ1v) is 6.46. The molecule has 0 aliphatic heterocycles. The molecule has 3 heteroatoms. The molecular formula is C15H24N2O. The van der Waals surface area contributed by atoms with Crippen molar-refractivity contribution in [3.63, 3.8) is 0 Å². The van der Waals surface area contributed by atoms with Crippen LogP contribution in [-0.2, 0) is 0 Å². The maximum atomic E-state index is 12.0. The van der Waals surface area contributed by atoms with Crippen LogP contribution >= 0.6 is 0 Å². The molecule has 1 aromatic carbocycles. The Morgan fingerprint density at radius 2 is 2.00 bits per heavy atom. The van der Waals surface area contributed by atoms with Gasteiger partial charge in [-0.15, -0.1) is 0 Å². The number of nitrogens with one attached hydrogen (secondary N) is 2. The van der Waals surface area contributed by atoms with Gasteiger partial charge in [0.2, 0.25) is 0 Å². The fraction of sp³-hybridized carbons (Fsp3) is 0.533. The topological polar surface area (TPSA) is 41.1 Å². The maximum Gasteiger partial charge on any atom is 0.251 e. The molecule has 0 radical (unpaired) electrons. The van der Waals surface area contributed by atoms with E-state index in [2.05, 4.69) is 31.4 Å². The second-order valence-electron chi connectivity index (χ2n) is 5.48. The first-order chi connectivity index (χ1) is 8.39. The van der Waals surface area contributed by atoms with Crippen LogP contribution in [0.15, 0.2) is 18.2 Å². The zero-order valence-corrected chi connectivity index (χ0v) is 12.1. The predicted molar refractivity (Wildman–Crippen MR) is 77.1 cm³/mol. The molecule has 0 saturated heterocycles. The molecule has 0 fully saturated rings. The van der Waals surface area contributed by atoms with Crippen LogP contribution in [0.2, 0.25) is 0 Å². The molecule has 0 atom stereocenters. The minimum Gasteiger partial charge on any atom is -0.388 e. The second kappa shape index (κ2) is 5.89. The number of hydrogen-bond donors (Lipinski definition) is 2. The van der Waals surface area contributed by atoms with E-state index in [9.17, 15) is 4.79 Å². The van der Waals surface area contributed by atoms with E-state index in [1.54, 1.807) is 0 Å². The van der Waals surface area contributed by atoms with Gasteiger partial charge in [0, 0.05) is 24.8 Å². The van der Waals surface area contributed by atoms with Crippen molar-refractivity contribution in [3.8, 4) is 0 Å². The van der Waals surface area contributed by atoms with Crippen molar-refractivity contribution in [2.24, 2.45) is 5.41 Å². The number of carbonyl (C=O) groups excluding carboxylic acids is 1. The molecule has 0 aliphatic carbocycles. The van der Waals surface area contributed by atoms with Crippen molar-refractivity contribution in [2.45, 2.75) is 34.1 Å². The molecule has 0 spiro atoms. The van der Waals surface area contributed by atoms with Gasteiger partial charge in [-0.2, -0.15) is 0 Å². The molecule has 0 aromatic heterocycles. The van der Waals surface area contributed by atoms with Crippen molar-refractivity contribution in [3.05, 3.63) is 29.3 Å². The monoisotopic (exact) mass is 248 g/mol. The summed E-state index contributed by atoms with van der Waals surface area (Å²) in [6.45, 7) is 9.15. The molecule has 18 heavy (non-hydrogen) atoms. The van der Waals surface area contributed by atoms with Crippen molar-refractivity contribution >= 4 is 11.6 Å². The summed E-state index contributed by atoms with van der Waals surface area (Å²) in [6, 6.07) is 5.71. The van der Waals surface area contributed by atoms with Crippen molar-refractivity contribution in [1.29, 1.82) is 0 Å². The standard InChI is InChI=1S/C15H24N2O/c1-6-15(3,4)10-17-14(18)12-7-8-13(16-5)11(2)9-12/h7-9,16H,6,10H2,1-5H3,(H,17,18). The Hall–Kier alpha value is -1.51. The van der Waals surface area contributed by atoms with Crippen LogP contribution in [0.5, 0.6) is 0 Å². The van der Waals surface area contributed by atoms with Gasteiger partial charge in [-0.25, -0.2) is 0 Å². The lowest BCUT2D eigenvalue weighted by Gasteiger charge is -2.22. The molecule has 1 rings (SSSR count). The number of hydrogen-bond acceptors (Lipinski definition) is 2. The van der Waals surface area contributed by atoms with Crippen LogP contribution in [0.3, 0.4) is 0 Å². The Kier molecular flexibility index (Phi) is 4.76. The Morgan fingerprint density at radius 1 is 1.33 bits per heavy atom. The highest BCUT2D eigenvalue weighted by Gasteiger charge is 2.16. The smallest absolute Gasteiger partial charge is 0.251 e. The van der Waals surface area contributed by atoms with Crippen molar-refractivity contribution in [2.75, 3.05) is 18.9 Å². The highest BCUT2D eigenvalue weighted by molar-refractivity contribution is 5.94. The third-order valence-corrected chi connectivity index (χ3v) is 3.44. The van der Waals surface area contributed by atoms with Gasteiger partial charge < -0.3 is 10.6 Å².